The molecule has 0 aromatic heterocycles. The van der Waals surface area contributed by atoms with Gasteiger partial charge in [-0.05, 0) is 32.8 Å². The van der Waals surface area contributed by atoms with Crippen molar-refractivity contribution in [2.24, 2.45) is 0 Å². The summed E-state index contributed by atoms with van der Waals surface area (Å²) in [6.45, 7) is 4.20. The van der Waals surface area contributed by atoms with E-state index in [2.05, 4.69) is 0 Å². The topological polar surface area (TPSA) is 82.1 Å². The number of methoxy groups -OCH3 is 1. The van der Waals surface area contributed by atoms with E-state index in [4.69, 9.17) is 14.2 Å². The number of fused-ring (bicyclic) bond motifs is 1. The van der Waals surface area contributed by atoms with E-state index in [1.165, 1.54) is 7.11 Å². The Morgan fingerprint density at radius 1 is 1.42 bits per heavy atom. The zero-order valence-electron chi connectivity index (χ0n) is 14.2. The molecule has 1 aromatic carbocycles. The number of hydrogen-bond acceptors (Lipinski definition) is 6. The van der Waals surface area contributed by atoms with Gasteiger partial charge >= 0.3 is 11.9 Å². The Labute approximate surface area is 141 Å². The average Bonchev–Trinajstić information content (AvgIpc) is 2.93. The number of phenolic OH excluding ortho intramolecular Hbond substituents is 1. The molecule has 1 aliphatic rings. The van der Waals surface area contributed by atoms with Gasteiger partial charge in [-0.3, -0.25) is 4.79 Å². The molecule has 0 saturated heterocycles. The third-order valence-electron chi connectivity index (χ3n) is 3.91. The van der Waals surface area contributed by atoms with Crippen LogP contribution in [-0.2, 0) is 27.3 Å². The summed E-state index contributed by atoms with van der Waals surface area (Å²) in [5.74, 6) is -0.333. The fourth-order valence-electron chi connectivity index (χ4n) is 2.58. The summed E-state index contributed by atoms with van der Waals surface area (Å²) in [6.07, 6.45) is 3.19. The maximum atomic E-state index is 11.7. The minimum atomic E-state index is -0.519. The normalized spacial score (nSPS) is 13.5. The molecule has 0 unspecified atom stereocenters. The van der Waals surface area contributed by atoms with Gasteiger partial charge in [-0.2, -0.15) is 0 Å². The zero-order chi connectivity index (χ0) is 17.7. The number of hydrogen-bond donors (Lipinski definition) is 1. The quantitative estimate of drug-likeness (QED) is 0.610. The van der Waals surface area contributed by atoms with Gasteiger partial charge in [-0.1, -0.05) is 11.6 Å². The van der Waals surface area contributed by atoms with Crippen LogP contribution >= 0.6 is 0 Å². The Kier molecular flexibility index (Phi) is 5.84. The van der Waals surface area contributed by atoms with Crippen molar-refractivity contribution < 1.29 is 28.9 Å². The van der Waals surface area contributed by atoms with Crippen LogP contribution in [0.4, 0.5) is 0 Å². The second-order valence-electron chi connectivity index (χ2n) is 5.58. The fourth-order valence-corrected chi connectivity index (χ4v) is 2.58. The van der Waals surface area contributed by atoms with Crippen LogP contribution < -0.4 is 4.74 Å². The molecule has 6 nitrogen and oxygen atoms in total. The van der Waals surface area contributed by atoms with Gasteiger partial charge in [0, 0.05) is 17.5 Å². The van der Waals surface area contributed by atoms with Crippen molar-refractivity contribution in [1.29, 1.82) is 0 Å². The van der Waals surface area contributed by atoms with Crippen LogP contribution in [0, 0.1) is 0 Å². The Balaban J connectivity index is 2.14. The molecule has 0 fully saturated rings. The van der Waals surface area contributed by atoms with Gasteiger partial charge in [0.05, 0.1) is 13.7 Å². The van der Waals surface area contributed by atoms with Crippen LogP contribution in [-0.4, -0.2) is 30.8 Å². The number of benzene rings is 1. The summed E-state index contributed by atoms with van der Waals surface area (Å²) in [6, 6.07) is 1.72. The lowest BCUT2D eigenvalue weighted by molar-refractivity contribution is -0.143. The van der Waals surface area contributed by atoms with E-state index in [1.54, 1.807) is 13.0 Å². The van der Waals surface area contributed by atoms with Gasteiger partial charge in [-0.25, -0.2) is 4.79 Å². The maximum absolute atomic E-state index is 11.7. The standard InChI is InChI=1S/C18H22O6/c1-4-23-15(19)8-6-11(2)5-7-13-14(22-3)9-12-10-24-18(21)16(12)17(13)20/h5,9,20H,4,6-8,10H2,1-3H3/b11-5+. The molecule has 0 amide bonds. The minimum absolute atomic E-state index is 0.0960. The number of esters is 2. The third-order valence-corrected chi connectivity index (χ3v) is 3.91. The van der Waals surface area contributed by atoms with Gasteiger partial charge in [0.2, 0.25) is 0 Å². The number of allylic oxidation sites excluding steroid dienone is 2. The molecule has 1 N–H and O–H groups in total. The highest BCUT2D eigenvalue weighted by molar-refractivity contribution is 5.97. The van der Waals surface area contributed by atoms with Crippen LogP contribution in [0.1, 0.15) is 48.2 Å². The third kappa shape index (κ3) is 3.88. The Hall–Kier alpha value is -2.50. The number of aromatic hydroxyl groups is 1. The smallest absolute Gasteiger partial charge is 0.342 e. The van der Waals surface area contributed by atoms with Crippen molar-refractivity contribution in [3.05, 3.63) is 34.4 Å². The Morgan fingerprint density at radius 2 is 2.17 bits per heavy atom. The van der Waals surface area contributed by atoms with Gasteiger partial charge in [0.15, 0.2) is 0 Å². The van der Waals surface area contributed by atoms with E-state index in [0.29, 0.717) is 42.7 Å². The van der Waals surface area contributed by atoms with Crippen molar-refractivity contribution in [2.75, 3.05) is 13.7 Å². The zero-order valence-corrected chi connectivity index (χ0v) is 14.2. The lowest BCUT2D eigenvalue weighted by atomic mass is 9.99. The predicted molar refractivity (Wildman–Crippen MR) is 87.1 cm³/mol. The van der Waals surface area contributed by atoms with Crippen molar-refractivity contribution in [3.63, 3.8) is 0 Å². The van der Waals surface area contributed by atoms with Gasteiger partial charge in [0.1, 0.15) is 23.7 Å². The van der Waals surface area contributed by atoms with E-state index in [0.717, 1.165) is 5.57 Å². The lowest BCUT2D eigenvalue weighted by Crippen LogP contribution is -2.03. The SMILES string of the molecule is CCOC(=O)CC/C(C)=C/Cc1c(OC)cc2c(c1O)C(=O)OC2. The van der Waals surface area contributed by atoms with Crippen LogP contribution in [0.3, 0.4) is 0 Å². The summed E-state index contributed by atoms with van der Waals surface area (Å²) in [5.41, 5.74) is 2.36. The number of rotatable bonds is 7. The predicted octanol–water partition coefficient (Wildman–Crippen LogP) is 2.90. The summed E-state index contributed by atoms with van der Waals surface area (Å²) in [5, 5.41) is 10.4. The van der Waals surface area contributed by atoms with Crippen LogP contribution in [0.25, 0.3) is 0 Å². The van der Waals surface area contributed by atoms with Gasteiger partial charge in [-0.15, -0.1) is 0 Å². The molecule has 1 aromatic rings. The van der Waals surface area contributed by atoms with Gasteiger partial charge in [0.25, 0.3) is 0 Å². The van der Waals surface area contributed by atoms with Crippen LogP contribution in [0.5, 0.6) is 11.5 Å². The van der Waals surface area contributed by atoms with Crippen molar-refractivity contribution >= 4 is 11.9 Å². The molecule has 0 atom stereocenters. The highest BCUT2D eigenvalue weighted by Gasteiger charge is 2.29. The number of phenols is 1. The van der Waals surface area contributed by atoms with E-state index < -0.39 is 5.97 Å². The molecule has 0 bridgehead atoms. The number of cyclic esters (lactones) is 1. The molecule has 6 heteroatoms. The summed E-state index contributed by atoms with van der Waals surface area (Å²) < 4.78 is 15.2. The molecule has 0 radical (unpaired) electrons. The van der Waals surface area contributed by atoms with Crippen molar-refractivity contribution in [2.45, 2.75) is 39.7 Å². The largest absolute Gasteiger partial charge is 0.507 e. The van der Waals surface area contributed by atoms with E-state index in [-0.39, 0.29) is 23.9 Å². The van der Waals surface area contributed by atoms with E-state index in [9.17, 15) is 14.7 Å². The molecule has 1 aliphatic heterocycles. The summed E-state index contributed by atoms with van der Waals surface area (Å²) in [4.78, 5) is 23.1. The average molecular weight is 334 g/mol. The highest BCUT2D eigenvalue weighted by atomic mass is 16.5. The fraction of sp³-hybridized carbons (Fsp3) is 0.444. The molecular weight excluding hydrogens is 312 g/mol. The number of carbonyl (C=O) groups is 2. The molecule has 0 saturated carbocycles. The maximum Gasteiger partial charge on any atom is 0.342 e. The first-order chi connectivity index (χ1) is 11.5. The first-order valence-electron chi connectivity index (χ1n) is 7.88. The number of ether oxygens (including phenoxy) is 3. The molecular formula is C18H22O6. The first-order valence-corrected chi connectivity index (χ1v) is 7.88. The molecule has 1 heterocycles. The van der Waals surface area contributed by atoms with Gasteiger partial charge < -0.3 is 19.3 Å². The second kappa shape index (κ2) is 7.86. The first kappa shape index (κ1) is 17.8. The monoisotopic (exact) mass is 334 g/mol. The van der Waals surface area contributed by atoms with Crippen LogP contribution in [0.15, 0.2) is 17.7 Å². The molecule has 0 aliphatic carbocycles. The summed E-state index contributed by atoms with van der Waals surface area (Å²) >= 11 is 0. The van der Waals surface area contributed by atoms with E-state index in [1.807, 2.05) is 13.0 Å². The second-order valence-corrected chi connectivity index (χ2v) is 5.58. The minimum Gasteiger partial charge on any atom is -0.507 e. The molecule has 0 spiro atoms. The molecule has 24 heavy (non-hydrogen) atoms. The van der Waals surface area contributed by atoms with E-state index >= 15 is 0 Å². The summed E-state index contributed by atoms with van der Waals surface area (Å²) in [7, 11) is 1.51. The van der Waals surface area contributed by atoms with Crippen molar-refractivity contribution in [3.8, 4) is 11.5 Å². The molecule has 2 rings (SSSR count). The Bertz CT molecular complexity index is 675. The molecule has 130 valence electrons. The highest BCUT2D eigenvalue weighted by Crippen LogP contribution is 2.38. The van der Waals surface area contributed by atoms with Crippen LogP contribution in [0.2, 0.25) is 0 Å². The Morgan fingerprint density at radius 3 is 2.83 bits per heavy atom. The lowest BCUT2D eigenvalue weighted by Gasteiger charge is -2.12. The van der Waals surface area contributed by atoms with Crippen molar-refractivity contribution in [1.82, 2.24) is 0 Å². The number of carbonyl (C=O) groups excluding carboxylic acids is 2.